The molecule has 1 rings (SSSR count). The molecule has 0 radical (unpaired) electrons. The average Bonchev–Trinajstić information content (AvgIpc) is 2.33. The van der Waals surface area contributed by atoms with Crippen molar-refractivity contribution >= 4 is 29.2 Å². The molecule has 0 bridgehead atoms. The minimum Gasteiger partial charge on any atom is -0.465 e. The Bertz CT molecular complexity index is 448. The Morgan fingerprint density at radius 3 is 2.61 bits per heavy atom. The first kappa shape index (κ1) is 14.8. The molecule has 0 amide bonds. The Balaban J connectivity index is 3.09. The number of hydrogen-bond acceptors (Lipinski definition) is 3. The monoisotopic (exact) mass is 285 g/mol. The van der Waals surface area contributed by atoms with Gasteiger partial charge < -0.3 is 4.74 Å². The van der Waals surface area contributed by atoms with Crippen LogP contribution < -0.4 is 5.32 Å². The quantitative estimate of drug-likeness (QED) is 0.668. The van der Waals surface area contributed by atoms with Crippen molar-refractivity contribution in [2.45, 2.75) is 13.0 Å². The van der Waals surface area contributed by atoms with Crippen LogP contribution in [0.25, 0.3) is 0 Å². The van der Waals surface area contributed by atoms with Crippen LogP contribution in [0, 0.1) is 12.3 Å². The molecule has 96 valence electrons. The van der Waals surface area contributed by atoms with Crippen LogP contribution in [0.2, 0.25) is 10.0 Å². The van der Waals surface area contributed by atoms with E-state index in [2.05, 4.69) is 11.2 Å². The lowest BCUT2D eigenvalue weighted by Gasteiger charge is -2.18. The normalized spacial score (nSPS) is 11.7. The number of nitrogens with one attached hydrogen (secondary N) is 1. The van der Waals surface area contributed by atoms with E-state index >= 15 is 0 Å². The first-order valence-corrected chi connectivity index (χ1v) is 6.14. The molecule has 1 unspecified atom stereocenters. The molecular formula is C13H13Cl2NO2. The maximum Gasteiger partial charge on any atom is 0.327 e. The van der Waals surface area contributed by atoms with Gasteiger partial charge in [-0.3, -0.25) is 5.32 Å². The summed E-state index contributed by atoms with van der Waals surface area (Å²) >= 11 is 12.1. The van der Waals surface area contributed by atoms with E-state index in [-0.39, 0.29) is 13.2 Å². The van der Waals surface area contributed by atoms with Crippen LogP contribution in [0.1, 0.15) is 18.5 Å². The molecule has 0 aromatic heterocycles. The van der Waals surface area contributed by atoms with Crippen LogP contribution in [-0.2, 0) is 9.53 Å². The molecule has 1 N–H and O–H groups in total. The summed E-state index contributed by atoms with van der Waals surface area (Å²) in [5.74, 6) is 1.94. The number of halogens is 2. The largest absolute Gasteiger partial charge is 0.465 e. The second kappa shape index (κ2) is 7.27. The third-order valence-corrected chi connectivity index (χ3v) is 2.88. The third-order valence-electron chi connectivity index (χ3n) is 2.22. The van der Waals surface area contributed by atoms with E-state index < -0.39 is 12.0 Å². The van der Waals surface area contributed by atoms with Gasteiger partial charge in [0.15, 0.2) is 0 Å². The molecule has 0 aliphatic heterocycles. The molecule has 1 aromatic rings. The summed E-state index contributed by atoms with van der Waals surface area (Å²) in [4.78, 5) is 11.9. The lowest BCUT2D eigenvalue weighted by atomic mass is 10.1. The van der Waals surface area contributed by atoms with Crippen LogP contribution in [0.5, 0.6) is 0 Å². The van der Waals surface area contributed by atoms with Gasteiger partial charge >= 0.3 is 5.97 Å². The average molecular weight is 286 g/mol. The fourth-order valence-electron chi connectivity index (χ4n) is 1.48. The van der Waals surface area contributed by atoms with Crippen molar-refractivity contribution in [1.82, 2.24) is 5.32 Å². The van der Waals surface area contributed by atoms with Crippen molar-refractivity contribution in [3.63, 3.8) is 0 Å². The summed E-state index contributed by atoms with van der Waals surface area (Å²) in [5.41, 5.74) is 0.481. The van der Waals surface area contributed by atoms with E-state index in [0.717, 1.165) is 0 Å². The van der Waals surface area contributed by atoms with Gasteiger partial charge in [-0.05, 0) is 19.1 Å². The van der Waals surface area contributed by atoms with Gasteiger partial charge in [0.05, 0.1) is 13.2 Å². The number of ether oxygens (including phenoxy) is 1. The first-order chi connectivity index (χ1) is 8.61. The highest BCUT2D eigenvalue weighted by Gasteiger charge is 2.25. The predicted octanol–water partition coefficient (Wildman–Crippen LogP) is 2.82. The Morgan fingerprint density at radius 1 is 1.50 bits per heavy atom. The van der Waals surface area contributed by atoms with E-state index in [0.29, 0.717) is 15.6 Å². The summed E-state index contributed by atoms with van der Waals surface area (Å²) in [5, 5.41) is 3.66. The second-order valence-corrected chi connectivity index (χ2v) is 4.22. The molecule has 1 aromatic carbocycles. The van der Waals surface area contributed by atoms with E-state index in [1.165, 1.54) is 0 Å². The smallest absolute Gasteiger partial charge is 0.327 e. The van der Waals surface area contributed by atoms with Crippen molar-refractivity contribution < 1.29 is 9.53 Å². The van der Waals surface area contributed by atoms with E-state index in [4.69, 9.17) is 34.4 Å². The van der Waals surface area contributed by atoms with Crippen LogP contribution in [0.3, 0.4) is 0 Å². The minimum atomic E-state index is -0.762. The van der Waals surface area contributed by atoms with E-state index in [1.54, 1.807) is 25.1 Å². The fourth-order valence-corrected chi connectivity index (χ4v) is 2.09. The lowest BCUT2D eigenvalue weighted by molar-refractivity contribution is -0.145. The van der Waals surface area contributed by atoms with Gasteiger partial charge in [0, 0.05) is 15.6 Å². The summed E-state index contributed by atoms with van der Waals surface area (Å²) in [7, 11) is 0. The molecule has 0 spiro atoms. The highest BCUT2D eigenvalue weighted by atomic mass is 35.5. The van der Waals surface area contributed by atoms with Gasteiger partial charge in [-0.2, -0.15) is 0 Å². The van der Waals surface area contributed by atoms with Crippen molar-refractivity contribution in [3.05, 3.63) is 33.8 Å². The molecule has 0 heterocycles. The zero-order valence-electron chi connectivity index (χ0n) is 9.87. The standard InChI is InChI=1S/C13H13Cl2NO2/c1-3-8-16-12(13(17)18-4-2)11-9(14)6-5-7-10(11)15/h1,5-7,12,16H,4,8H2,2H3. The van der Waals surface area contributed by atoms with Gasteiger partial charge in [0.2, 0.25) is 0 Å². The molecule has 0 saturated carbocycles. The first-order valence-electron chi connectivity index (χ1n) is 5.39. The summed E-state index contributed by atoms with van der Waals surface area (Å²) in [6, 6.07) is 4.26. The van der Waals surface area contributed by atoms with Crippen LogP contribution in [0.4, 0.5) is 0 Å². The van der Waals surface area contributed by atoms with Crippen molar-refractivity contribution in [2.75, 3.05) is 13.2 Å². The van der Waals surface area contributed by atoms with E-state index in [9.17, 15) is 4.79 Å². The van der Waals surface area contributed by atoms with Crippen molar-refractivity contribution in [3.8, 4) is 12.3 Å². The Kier molecular flexibility index (Phi) is 6.00. The summed E-state index contributed by atoms with van der Waals surface area (Å²) in [6.45, 7) is 2.21. The topological polar surface area (TPSA) is 38.3 Å². The zero-order valence-corrected chi connectivity index (χ0v) is 11.4. The SMILES string of the molecule is C#CCNC(C(=O)OCC)c1c(Cl)cccc1Cl. The second-order valence-electron chi connectivity index (χ2n) is 3.41. The molecule has 0 saturated heterocycles. The number of terminal acetylenes is 1. The highest BCUT2D eigenvalue weighted by Crippen LogP contribution is 2.30. The Labute approximate surface area is 116 Å². The number of carbonyl (C=O) groups is 1. The number of benzene rings is 1. The zero-order chi connectivity index (χ0) is 13.5. The van der Waals surface area contributed by atoms with Gasteiger partial charge in [-0.15, -0.1) is 6.42 Å². The van der Waals surface area contributed by atoms with Gasteiger partial charge in [-0.1, -0.05) is 35.2 Å². The highest BCUT2D eigenvalue weighted by molar-refractivity contribution is 6.36. The molecule has 0 aliphatic rings. The summed E-state index contributed by atoms with van der Waals surface area (Å²) in [6.07, 6.45) is 5.17. The van der Waals surface area contributed by atoms with E-state index in [1.807, 2.05) is 0 Å². The van der Waals surface area contributed by atoms with Gasteiger partial charge in [0.25, 0.3) is 0 Å². The summed E-state index contributed by atoms with van der Waals surface area (Å²) < 4.78 is 4.98. The van der Waals surface area contributed by atoms with Crippen molar-refractivity contribution in [2.24, 2.45) is 0 Å². The lowest BCUT2D eigenvalue weighted by Crippen LogP contribution is -2.31. The third kappa shape index (κ3) is 3.64. The Hall–Kier alpha value is -1.21. The van der Waals surface area contributed by atoms with Gasteiger partial charge in [-0.25, -0.2) is 4.79 Å². The number of hydrogen-bond donors (Lipinski definition) is 1. The molecule has 1 atom stereocenters. The molecule has 0 fully saturated rings. The van der Waals surface area contributed by atoms with Crippen LogP contribution in [0.15, 0.2) is 18.2 Å². The molecule has 0 aliphatic carbocycles. The molecule has 3 nitrogen and oxygen atoms in total. The number of carbonyl (C=O) groups excluding carboxylic acids is 1. The predicted molar refractivity (Wildman–Crippen MR) is 72.7 cm³/mol. The maximum atomic E-state index is 11.9. The van der Waals surface area contributed by atoms with Crippen LogP contribution in [-0.4, -0.2) is 19.1 Å². The maximum absolute atomic E-state index is 11.9. The number of esters is 1. The van der Waals surface area contributed by atoms with Crippen LogP contribution >= 0.6 is 23.2 Å². The Morgan fingerprint density at radius 2 is 2.11 bits per heavy atom. The molecule has 18 heavy (non-hydrogen) atoms. The molecular weight excluding hydrogens is 273 g/mol. The van der Waals surface area contributed by atoms with Crippen molar-refractivity contribution in [1.29, 1.82) is 0 Å². The number of rotatable bonds is 5. The van der Waals surface area contributed by atoms with Gasteiger partial charge in [0.1, 0.15) is 6.04 Å². The fraction of sp³-hybridized carbons (Fsp3) is 0.308. The minimum absolute atomic E-state index is 0.213. The molecule has 5 heteroatoms.